The van der Waals surface area contributed by atoms with E-state index in [0.717, 1.165) is 0 Å². The summed E-state index contributed by atoms with van der Waals surface area (Å²) in [7, 11) is 0. The molecule has 1 amide bonds. The van der Waals surface area contributed by atoms with Crippen molar-refractivity contribution in [3.63, 3.8) is 0 Å². The average molecular weight is 253 g/mol. The quantitative estimate of drug-likeness (QED) is 0.808. The predicted molar refractivity (Wildman–Crippen MR) is 64.3 cm³/mol. The molecule has 0 aliphatic rings. The standard InChI is InChI=1S/C13H16FNO3/c1-3-18-13(17)9(2)15-12(16)8-10-6-4-5-7-11(10)14/h4-7,9H,3,8H2,1-2H3,(H,15,16). The number of carbonyl (C=O) groups is 2. The van der Waals surface area contributed by atoms with Gasteiger partial charge in [0.1, 0.15) is 11.9 Å². The maximum atomic E-state index is 13.3. The molecule has 1 unspecified atom stereocenters. The van der Waals surface area contributed by atoms with Crippen molar-refractivity contribution >= 4 is 11.9 Å². The number of ether oxygens (including phenoxy) is 1. The summed E-state index contributed by atoms with van der Waals surface area (Å²) in [5.74, 6) is -1.35. The second kappa shape index (κ2) is 6.74. The fourth-order valence-corrected chi connectivity index (χ4v) is 1.43. The Morgan fingerprint density at radius 1 is 1.39 bits per heavy atom. The van der Waals surface area contributed by atoms with Gasteiger partial charge in [-0.15, -0.1) is 0 Å². The third-order valence-electron chi connectivity index (χ3n) is 2.33. The maximum absolute atomic E-state index is 13.3. The minimum atomic E-state index is -0.732. The van der Waals surface area contributed by atoms with Gasteiger partial charge in [-0.25, -0.2) is 9.18 Å². The number of carbonyl (C=O) groups excluding carboxylic acids is 2. The van der Waals surface area contributed by atoms with Crippen LogP contribution in [0, 0.1) is 5.82 Å². The normalized spacial score (nSPS) is 11.7. The fourth-order valence-electron chi connectivity index (χ4n) is 1.43. The van der Waals surface area contributed by atoms with Gasteiger partial charge in [0.2, 0.25) is 5.91 Å². The average Bonchev–Trinajstić information content (AvgIpc) is 2.32. The third kappa shape index (κ3) is 4.16. The van der Waals surface area contributed by atoms with Crippen LogP contribution in [0.1, 0.15) is 19.4 Å². The maximum Gasteiger partial charge on any atom is 0.328 e. The van der Waals surface area contributed by atoms with Gasteiger partial charge in [0.25, 0.3) is 0 Å². The zero-order valence-electron chi connectivity index (χ0n) is 10.4. The molecular weight excluding hydrogens is 237 g/mol. The summed E-state index contributed by atoms with van der Waals surface area (Å²) in [5.41, 5.74) is 0.297. The van der Waals surface area contributed by atoms with Crippen LogP contribution in [-0.2, 0) is 20.7 Å². The van der Waals surface area contributed by atoms with Crippen LogP contribution in [0.2, 0.25) is 0 Å². The number of hydrogen-bond donors (Lipinski definition) is 1. The molecule has 0 saturated heterocycles. The molecule has 0 aliphatic carbocycles. The smallest absolute Gasteiger partial charge is 0.328 e. The molecule has 0 aliphatic heterocycles. The fraction of sp³-hybridized carbons (Fsp3) is 0.385. The molecule has 0 radical (unpaired) electrons. The lowest BCUT2D eigenvalue weighted by molar-refractivity contribution is -0.146. The Labute approximate surface area is 105 Å². The van der Waals surface area contributed by atoms with Crippen LogP contribution in [0.5, 0.6) is 0 Å². The second-order valence-corrected chi connectivity index (χ2v) is 3.81. The van der Waals surface area contributed by atoms with Gasteiger partial charge in [-0.3, -0.25) is 4.79 Å². The summed E-state index contributed by atoms with van der Waals surface area (Å²) in [6.45, 7) is 3.47. The van der Waals surface area contributed by atoms with Crippen LogP contribution < -0.4 is 5.32 Å². The van der Waals surface area contributed by atoms with Crippen molar-refractivity contribution < 1.29 is 18.7 Å². The van der Waals surface area contributed by atoms with E-state index in [1.807, 2.05) is 0 Å². The van der Waals surface area contributed by atoms with E-state index >= 15 is 0 Å². The highest BCUT2D eigenvalue weighted by molar-refractivity contribution is 5.85. The monoisotopic (exact) mass is 253 g/mol. The molecule has 5 heteroatoms. The summed E-state index contributed by atoms with van der Waals surface area (Å²) < 4.78 is 18.0. The van der Waals surface area contributed by atoms with Gasteiger partial charge in [-0.2, -0.15) is 0 Å². The van der Waals surface area contributed by atoms with E-state index in [1.54, 1.807) is 19.1 Å². The van der Waals surface area contributed by atoms with E-state index in [4.69, 9.17) is 4.74 Å². The first kappa shape index (κ1) is 14.2. The topological polar surface area (TPSA) is 55.4 Å². The first-order valence-corrected chi connectivity index (χ1v) is 5.74. The van der Waals surface area contributed by atoms with Gasteiger partial charge >= 0.3 is 5.97 Å². The molecule has 0 aromatic heterocycles. The van der Waals surface area contributed by atoms with E-state index in [2.05, 4.69) is 5.32 Å². The van der Waals surface area contributed by atoms with Gasteiger partial charge in [-0.05, 0) is 25.5 Å². The summed E-state index contributed by atoms with van der Waals surface area (Å²) in [6, 6.07) is 5.30. The Morgan fingerprint density at radius 2 is 2.06 bits per heavy atom. The number of nitrogens with one attached hydrogen (secondary N) is 1. The van der Waals surface area contributed by atoms with E-state index in [1.165, 1.54) is 19.1 Å². The van der Waals surface area contributed by atoms with Crippen molar-refractivity contribution in [3.05, 3.63) is 35.6 Å². The molecule has 4 nitrogen and oxygen atoms in total. The highest BCUT2D eigenvalue weighted by atomic mass is 19.1. The molecule has 0 saturated carbocycles. The molecule has 0 spiro atoms. The summed E-state index contributed by atoms with van der Waals surface area (Å²) in [4.78, 5) is 22.9. The molecule has 1 aromatic rings. The number of hydrogen-bond acceptors (Lipinski definition) is 3. The molecule has 0 bridgehead atoms. The lowest BCUT2D eigenvalue weighted by atomic mass is 10.1. The third-order valence-corrected chi connectivity index (χ3v) is 2.33. The highest BCUT2D eigenvalue weighted by Crippen LogP contribution is 2.07. The Bertz CT molecular complexity index is 434. The number of amides is 1. The van der Waals surface area contributed by atoms with Crippen molar-refractivity contribution in [2.75, 3.05) is 6.61 Å². The molecule has 1 aromatic carbocycles. The van der Waals surface area contributed by atoms with Gasteiger partial charge in [0.15, 0.2) is 0 Å². The number of esters is 1. The Hall–Kier alpha value is -1.91. The Morgan fingerprint density at radius 3 is 2.67 bits per heavy atom. The first-order chi connectivity index (χ1) is 8.54. The van der Waals surface area contributed by atoms with E-state index in [0.29, 0.717) is 5.56 Å². The minimum absolute atomic E-state index is 0.101. The molecular formula is C13H16FNO3. The van der Waals surface area contributed by atoms with Crippen LogP contribution in [0.25, 0.3) is 0 Å². The van der Waals surface area contributed by atoms with Crippen molar-refractivity contribution in [3.8, 4) is 0 Å². The molecule has 98 valence electrons. The summed E-state index contributed by atoms with van der Waals surface area (Å²) in [6.07, 6.45) is -0.101. The minimum Gasteiger partial charge on any atom is -0.464 e. The second-order valence-electron chi connectivity index (χ2n) is 3.81. The van der Waals surface area contributed by atoms with E-state index in [9.17, 15) is 14.0 Å². The van der Waals surface area contributed by atoms with Crippen molar-refractivity contribution in [2.45, 2.75) is 26.3 Å². The molecule has 1 atom stereocenters. The highest BCUT2D eigenvalue weighted by Gasteiger charge is 2.17. The van der Waals surface area contributed by atoms with Gasteiger partial charge in [0, 0.05) is 0 Å². The number of benzene rings is 1. The lowest BCUT2D eigenvalue weighted by Crippen LogP contribution is -2.40. The van der Waals surface area contributed by atoms with Crippen LogP contribution in [0.15, 0.2) is 24.3 Å². The zero-order valence-corrected chi connectivity index (χ0v) is 10.4. The van der Waals surface area contributed by atoms with Gasteiger partial charge in [0.05, 0.1) is 13.0 Å². The lowest BCUT2D eigenvalue weighted by Gasteiger charge is -2.12. The molecule has 0 heterocycles. The first-order valence-electron chi connectivity index (χ1n) is 5.74. The van der Waals surface area contributed by atoms with Crippen LogP contribution >= 0.6 is 0 Å². The van der Waals surface area contributed by atoms with Gasteiger partial charge < -0.3 is 10.1 Å². The van der Waals surface area contributed by atoms with E-state index < -0.39 is 23.7 Å². The zero-order chi connectivity index (χ0) is 13.5. The predicted octanol–water partition coefficient (Wildman–Crippen LogP) is 1.44. The Balaban J connectivity index is 2.52. The Kier molecular flexibility index (Phi) is 5.30. The SMILES string of the molecule is CCOC(=O)C(C)NC(=O)Cc1ccccc1F. The molecule has 18 heavy (non-hydrogen) atoms. The number of rotatable bonds is 5. The largest absolute Gasteiger partial charge is 0.464 e. The molecule has 1 N–H and O–H groups in total. The summed E-state index contributed by atoms with van der Waals surface area (Å²) in [5, 5.41) is 2.46. The van der Waals surface area contributed by atoms with Gasteiger partial charge in [-0.1, -0.05) is 18.2 Å². The van der Waals surface area contributed by atoms with Crippen LogP contribution in [0.3, 0.4) is 0 Å². The van der Waals surface area contributed by atoms with Crippen molar-refractivity contribution in [2.24, 2.45) is 0 Å². The summed E-state index contributed by atoms with van der Waals surface area (Å²) >= 11 is 0. The van der Waals surface area contributed by atoms with Crippen molar-refractivity contribution in [1.82, 2.24) is 5.32 Å². The van der Waals surface area contributed by atoms with Crippen LogP contribution in [0.4, 0.5) is 4.39 Å². The van der Waals surface area contributed by atoms with Crippen molar-refractivity contribution in [1.29, 1.82) is 0 Å². The molecule has 1 rings (SSSR count). The molecule has 0 fully saturated rings. The van der Waals surface area contributed by atoms with Crippen LogP contribution in [-0.4, -0.2) is 24.5 Å². The van der Waals surface area contributed by atoms with E-state index in [-0.39, 0.29) is 13.0 Å². The number of halogens is 1.